The van der Waals surface area contributed by atoms with Crippen molar-refractivity contribution < 1.29 is 36.9 Å². The number of fused-ring (bicyclic) bond motifs is 16. The van der Waals surface area contributed by atoms with E-state index in [9.17, 15) is 11.0 Å². The molecular weight excluding hydrogens is 902 g/mol. The fraction of sp³-hybridized carbons (Fsp3) is 0. The molecule has 0 amide bonds. The van der Waals surface area contributed by atoms with Crippen molar-refractivity contribution in [3.05, 3.63) is 242 Å². The normalized spacial score (nSPS) is 16.8. The van der Waals surface area contributed by atoms with Crippen LogP contribution in [0.3, 0.4) is 0 Å². The van der Waals surface area contributed by atoms with E-state index in [4.69, 9.17) is 25.9 Å². The van der Waals surface area contributed by atoms with Crippen LogP contribution in [0.25, 0.3) is 55.0 Å². The van der Waals surface area contributed by atoms with Gasteiger partial charge in [0.25, 0.3) is 13.4 Å². The molecule has 0 spiro atoms. The first-order chi connectivity index (χ1) is 45.0. The fourth-order valence-electron chi connectivity index (χ4n) is 12.2. The molecule has 13 aromatic rings. The summed E-state index contributed by atoms with van der Waals surface area (Å²) in [5, 5.41) is 3.52. The van der Waals surface area contributed by atoms with Gasteiger partial charge in [0.15, 0.2) is 0 Å². The highest BCUT2D eigenvalue weighted by Crippen LogP contribution is 2.49. The number of anilines is 6. The van der Waals surface area contributed by atoms with Crippen LogP contribution in [0, 0.1) is 0 Å². The Bertz CT molecular complexity index is 5180. The minimum atomic E-state index is -0.805. The molecular formula is C66H40B2N4O2. The van der Waals surface area contributed by atoms with Crippen LogP contribution in [0.2, 0.25) is 0 Å². The number of benzene rings is 11. The van der Waals surface area contributed by atoms with Crippen LogP contribution in [0.4, 0.5) is 34.1 Å². The molecule has 0 saturated heterocycles. The quantitative estimate of drug-likeness (QED) is 0.156. The Balaban J connectivity index is 0.995. The van der Waals surface area contributed by atoms with Crippen LogP contribution in [0.15, 0.2) is 242 Å². The third-order valence-corrected chi connectivity index (χ3v) is 14.9. The van der Waals surface area contributed by atoms with E-state index in [1.807, 2.05) is 84.9 Å². The first-order valence-electron chi connectivity index (χ1n) is 33.9. The standard InChI is InChI=1S/C66H40B2N4O2/c1-5-19-41(20-6-1)69(42-21-7-2-8-22-42)45-35-37-57-53(39-45)67-51-31-17-29-49-47-27-13-15-33-55(47)71(61(49)51)63-59(67)65(73-57)64-60-66(63)74-58-38-36-46(70(43-23-9-3-10-24-43)44-25-11-4-12-26-44)40-54(58)68(60)52-32-18-30-50-48-28-14-16-34-56(48)72(64)62(50)52/h1-40H/i1D,2D,3D,4D,5D,6D,7D,8D,9D,10D,11D,12D,19D,20D,21D,22D,23D,24D,25D,26D. The number of rotatable bonds is 6. The van der Waals surface area contributed by atoms with E-state index in [1.165, 1.54) is 0 Å². The molecule has 342 valence electrons. The zero-order chi connectivity index (χ0) is 65.6. The minimum Gasteiger partial charge on any atom is -0.456 e. The lowest BCUT2D eigenvalue weighted by Gasteiger charge is -2.41. The first kappa shape index (κ1) is 25.6. The molecule has 0 bridgehead atoms. The Kier molecular flexibility index (Phi) is 5.18. The predicted octanol–water partition coefficient (Wildman–Crippen LogP) is 12.7. The largest absolute Gasteiger partial charge is 0.456 e. The highest BCUT2D eigenvalue weighted by Gasteiger charge is 2.50. The summed E-state index contributed by atoms with van der Waals surface area (Å²) in [5.74, 6) is 1.42. The van der Waals surface area contributed by atoms with E-state index in [-0.39, 0.29) is 11.4 Å². The lowest BCUT2D eigenvalue weighted by atomic mass is 9.31. The summed E-state index contributed by atoms with van der Waals surface area (Å²) in [4.78, 5) is 2.26. The van der Waals surface area contributed by atoms with Crippen molar-refractivity contribution >= 4 is 124 Å². The van der Waals surface area contributed by atoms with Gasteiger partial charge in [-0.2, -0.15) is 0 Å². The molecule has 6 heterocycles. The maximum Gasteiger partial charge on any atom is 0.256 e. The second kappa shape index (κ2) is 14.9. The van der Waals surface area contributed by atoms with Crippen molar-refractivity contribution in [1.82, 2.24) is 9.13 Å². The summed E-state index contributed by atoms with van der Waals surface area (Å²) in [6, 6.07) is 23.5. The average molecular weight is 963 g/mol. The minimum absolute atomic E-state index is 0.0661. The predicted molar refractivity (Wildman–Crippen MR) is 307 cm³/mol. The fourth-order valence-corrected chi connectivity index (χ4v) is 12.2. The van der Waals surface area contributed by atoms with E-state index in [2.05, 4.69) is 9.13 Å². The van der Waals surface area contributed by atoms with Gasteiger partial charge in [-0.05, 0) is 119 Å². The van der Waals surface area contributed by atoms with E-state index in [1.54, 1.807) is 36.4 Å². The van der Waals surface area contributed by atoms with Crippen LogP contribution < -0.4 is 52.1 Å². The molecule has 2 aromatic heterocycles. The van der Waals surface area contributed by atoms with E-state index < -0.39 is 157 Å². The zero-order valence-corrected chi connectivity index (χ0v) is 38.3. The van der Waals surface area contributed by atoms with Crippen LogP contribution >= 0.6 is 0 Å². The second-order valence-corrected chi connectivity index (χ2v) is 18.5. The summed E-state index contributed by atoms with van der Waals surface area (Å²) in [6.45, 7) is -1.61. The number of ether oxygens (including phenoxy) is 2. The Morgan fingerprint density at radius 2 is 0.716 bits per heavy atom. The van der Waals surface area contributed by atoms with Gasteiger partial charge in [0, 0.05) is 77.6 Å². The molecule has 0 unspecified atom stereocenters. The lowest BCUT2D eigenvalue weighted by molar-refractivity contribution is 0.472. The van der Waals surface area contributed by atoms with Crippen LogP contribution in [-0.4, -0.2) is 22.6 Å². The smallest absolute Gasteiger partial charge is 0.256 e. The molecule has 6 nitrogen and oxygen atoms in total. The number of nitrogens with zero attached hydrogens (tertiary/aromatic N) is 4. The Labute approximate surface area is 455 Å². The van der Waals surface area contributed by atoms with Crippen LogP contribution in [-0.2, 0) is 0 Å². The third kappa shape index (κ3) is 5.30. The van der Waals surface area contributed by atoms with Crippen molar-refractivity contribution in [2.45, 2.75) is 0 Å². The van der Waals surface area contributed by atoms with E-state index >= 15 is 0 Å². The zero-order valence-electron chi connectivity index (χ0n) is 58.3. The monoisotopic (exact) mass is 962 g/mol. The van der Waals surface area contributed by atoms with Gasteiger partial charge in [0.2, 0.25) is 0 Å². The van der Waals surface area contributed by atoms with Crippen molar-refractivity contribution in [2.75, 3.05) is 9.80 Å². The Morgan fingerprint density at radius 3 is 1.11 bits per heavy atom. The molecule has 17 rings (SSSR count). The summed E-state index contributed by atoms with van der Waals surface area (Å²) >= 11 is 0. The number of hydrogen-bond acceptors (Lipinski definition) is 4. The van der Waals surface area contributed by atoms with Crippen molar-refractivity contribution in [1.29, 1.82) is 0 Å². The second-order valence-electron chi connectivity index (χ2n) is 18.5. The lowest BCUT2D eigenvalue weighted by Crippen LogP contribution is -2.63. The Hall–Kier alpha value is -9.65. The molecule has 4 aliphatic rings. The molecule has 0 aliphatic carbocycles. The van der Waals surface area contributed by atoms with Gasteiger partial charge in [-0.15, -0.1) is 0 Å². The van der Waals surface area contributed by atoms with Crippen molar-refractivity contribution in [3.8, 4) is 34.4 Å². The van der Waals surface area contributed by atoms with E-state index in [0.717, 1.165) is 64.3 Å². The molecule has 0 N–H and O–H groups in total. The van der Waals surface area contributed by atoms with Crippen LogP contribution in [0.1, 0.15) is 27.4 Å². The summed E-state index contributed by atoms with van der Waals surface area (Å²) < 4.78 is 199. The third-order valence-electron chi connectivity index (χ3n) is 14.9. The number of hydrogen-bond donors (Lipinski definition) is 0. The maximum absolute atomic E-state index is 9.32. The molecule has 4 aliphatic heterocycles. The molecule has 0 fully saturated rings. The topological polar surface area (TPSA) is 34.8 Å². The molecule has 0 radical (unpaired) electrons. The summed E-state index contributed by atoms with van der Waals surface area (Å²) in [6.07, 6.45) is 0. The van der Waals surface area contributed by atoms with Crippen LogP contribution in [0.5, 0.6) is 23.0 Å². The number of aromatic nitrogens is 2. The van der Waals surface area contributed by atoms with Gasteiger partial charge in [-0.3, -0.25) is 0 Å². The van der Waals surface area contributed by atoms with Gasteiger partial charge in [0.1, 0.15) is 23.0 Å². The average Bonchev–Trinajstić information content (AvgIpc) is 1.32. The van der Waals surface area contributed by atoms with Gasteiger partial charge >= 0.3 is 0 Å². The van der Waals surface area contributed by atoms with Gasteiger partial charge < -0.3 is 28.4 Å². The highest BCUT2D eigenvalue weighted by atomic mass is 16.5. The molecule has 11 aromatic carbocycles. The maximum atomic E-state index is 9.32. The molecule has 74 heavy (non-hydrogen) atoms. The van der Waals surface area contributed by atoms with Gasteiger partial charge in [-0.1, -0.05) is 145 Å². The first-order valence-corrected chi connectivity index (χ1v) is 23.9. The highest BCUT2D eigenvalue weighted by molar-refractivity contribution is 7.02. The molecule has 8 heteroatoms. The summed E-state index contributed by atoms with van der Waals surface area (Å²) in [7, 11) is 0. The number of para-hydroxylation sites is 8. The Morgan fingerprint density at radius 1 is 0.351 bits per heavy atom. The summed E-state index contributed by atoms with van der Waals surface area (Å²) in [5.41, 5.74) is 6.36. The molecule has 0 atom stereocenters. The van der Waals surface area contributed by atoms with Gasteiger partial charge in [0.05, 0.1) is 49.8 Å². The van der Waals surface area contributed by atoms with Gasteiger partial charge in [-0.25, -0.2) is 0 Å². The van der Waals surface area contributed by atoms with Crippen molar-refractivity contribution in [3.63, 3.8) is 0 Å². The SMILES string of the molecule is [2H]c1c([2H])c([2H])c(N(c2ccc3c(c2)B2c4c(c5c6c(c4-n4c7ccccc7c7cccc2c74)Oc2ccc(N(c4c([2H])c([2H])c([2H])c([2H])c4[2H])c4c([2H])c([2H])c([2H])c([2H])c4[2H])cc2B6c2cccc4c6ccccc6n-5c24)O3)c2c([2H])c([2H])c([2H])c([2H])c2[2H])c([2H])c1[2H]. The molecule has 0 saturated carbocycles. The van der Waals surface area contributed by atoms with E-state index in [0.29, 0.717) is 56.2 Å². The van der Waals surface area contributed by atoms with Crippen molar-refractivity contribution in [2.24, 2.45) is 0 Å².